The Morgan fingerprint density at radius 2 is 1.89 bits per heavy atom. The molecule has 4 aromatic rings. The summed E-state index contributed by atoms with van der Waals surface area (Å²) in [6.45, 7) is -0.280. The molecule has 4 rings (SSSR count). The lowest BCUT2D eigenvalue weighted by Crippen LogP contribution is -2.03. The molecule has 1 aromatic carbocycles. The molecule has 0 saturated carbocycles. The second-order valence-electron chi connectivity index (χ2n) is 6.00. The average molecular weight is 375 g/mol. The summed E-state index contributed by atoms with van der Waals surface area (Å²) in [6, 6.07) is 7.39. The Kier molecular flexibility index (Phi) is 4.24. The number of phenols is 1. The Balaban J connectivity index is 2.00. The van der Waals surface area contributed by atoms with Gasteiger partial charge in [-0.05, 0) is 30.3 Å². The van der Waals surface area contributed by atoms with Crippen LogP contribution in [0.4, 0.5) is 0 Å². The van der Waals surface area contributed by atoms with Crippen LogP contribution in [-0.2, 0) is 6.54 Å². The molecule has 0 atom stereocenters. The van der Waals surface area contributed by atoms with Gasteiger partial charge in [0.05, 0.1) is 17.5 Å². The van der Waals surface area contributed by atoms with Gasteiger partial charge in [0.25, 0.3) is 0 Å². The zero-order chi connectivity index (χ0) is 19.7. The first-order valence-electron chi connectivity index (χ1n) is 8.23. The number of benzene rings is 1. The SMILES string of the molecule is O=NCc1nnc2[nH]cc(C(=O)c3ccc(O)cc3)c2c1-c1ccncc1O. The van der Waals surface area contributed by atoms with E-state index < -0.39 is 0 Å². The van der Waals surface area contributed by atoms with E-state index in [-0.39, 0.29) is 35.1 Å². The van der Waals surface area contributed by atoms with Crippen molar-refractivity contribution in [2.24, 2.45) is 5.18 Å². The summed E-state index contributed by atoms with van der Waals surface area (Å²) in [5.41, 5.74) is 1.93. The lowest BCUT2D eigenvalue weighted by molar-refractivity contribution is 0.104. The topological polar surface area (TPSA) is 141 Å². The first kappa shape index (κ1) is 17.3. The van der Waals surface area contributed by atoms with Crippen molar-refractivity contribution in [3.8, 4) is 22.6 Å². The van der Waals surface area contributed by atoms with E-state index in [2.05, 4.69) is 25.3 Å². The Labute approximate surface area is 157 Å². The zero-order valence-electron chi connectivity index (χ0n) is 14.3. The van der Waals surface area contributed by atoms with Crippen molar-refractivity contribution >= 4 is 16.8 Å². The number of ketones is 1. The molecule has 0 fully saturated rings. The molecule has 0 bridgehead atoms. The van der Waals surface area contributed by atoms with Gasteiger partial charge in [-0.1, -0.05) is 5.18 Å². The molecule has 0 aliphatic rings. The highest BCUT2D eigenvalue weighted by atomic mass is 16.3. The predicted octanol–water partition coefficient (Wildman–Crippen LogP) is 2.93. The number of pyridine rings is 1. The number of nitrogens with one attached hydrogen (secondary N) is 1. The number of hydrogen-bond donors (Lipinski definition) is 3. The van der Waals surface area contributed by atoms with Gasteiger partial charge in [-0.2, -0.15) is 10.0 Å². The summed E-state index contributed by atoms with van der Waals surface area (Å²) in [7, 11) is 0. The standard InChI is InChI=1S/C19H13N5O4/c25-11-3-1-10(2-4-11)18(27)13-7-21-19-17(13)16(14(8-22-28)23-24-19)12-5-6-20-9-15(12)26/h1-7,9,25-26H,8H2,(H,21,24). The fourth-order valence-electron chi connectivity index (χ4n) is 3.06. The Hall–Kier alpha value is -4.14. The lowest BCUT2D eigenvalue weighted by Gasteiger charge is -2.10. The van der Waals surface area contributed by atoms with Gasteiger partial charge >= 0.3 is 0 Å². The number of nitrogens with zero attached hydrogens (tertiary/aromatic N) is 4. The number of aromatic nitrogens is 4. The molecule has 0 unspecified atom stereocenters. The van der Waals surface area contributed by atoms with Gasteiger partial charge < -0.3 is 15.2 Å². The normalized spacial score (nSPS) is 10.9. The summed E-state index contributed by atoms with van der Waals surface area (Å²) < 4.78 is 0. The number of carbonyl (C=O) groups excluding carboxylic acids is 1. The molecule has 0 aliphatic carbocycles. The molecule has 0 aliphatic heterocycles. The van der Waals surface area contributed by atoms with Crippen molar-refractivity contribution < 1.29 is 15.0 Å². The fraction of sp³-hybridized carbons (Fsp3) is 0.0526. The highest BCUT2D eigenvalue weighted by molar-refractivity contribution is 6.19. The number of hydrogen-bond acceptors (Lipinski definition) is 8. The molecule has 0 amide bonds. The van der Waals surface area contributed by atoms with Crippen LogP contribution in [0.25, 0.3) is 22.2 Å². The minimum atomic E-state index is -0.320. The molecule has 28 heavy (non-hydrogen) atoms. The third-order valence-corrected chi connectivity index (χ3v) is 4.33. The number of aromatic amines is 1. The van der Waals surface area contributed by atoms with E-state index >= 15 is 0 Å². The summed E-state index contributed by atoms with van der Waals surface area (Å²) in [5.74, 6) is -0.407. The van der Waals surface area contributed by atoms with Crippen molar-refractivity contribution in [2.45, 2.75) is 6.54 Å². The van der Waals surface area contributed by atoms with E-state index in [1.807, 2.05) is 0 Å². The molecule has 3 aromatic heterocycles. The van der Waals surface area contributed by atoms with Crippen LogP contribution >= 0.6 is 0 Å². The van der Waals surface area contributed by atoms with E-state index in [1.54, 1.807) is 6.07 Å². The van der Waals surface area contributed by atoms with Gasteiger partial charge in [0.1, 0.15) is 18.0 Å². The second kappa shape index (κ2) is 6.88. The molecular weight excluding hydrogens is 362 g/mol. The summed E-state index contributed by atoms with van der Waals surface area (Å²) in [5, 5.41) is 31.1. The molecule has 0 spiro atoms. The van der Waals surface area contributed by atoms with Gasteiger partial charge in [-0.15, -0.1) is 5.10 Å². The van der Waals surface area contributed by atoms with E-state index in [1.165, 1.54) is 42.9 Å². The van der Waals surface area contributed by atoms with Crippen molar-refractivity contribution in [3.63, 3.8) is 0 Å². The first-order valence-corrected chi connectivity index (χ1v) is 8.23. The highest BCUT2D eigenvalue weighted by Crippen LogP contribution is 2.37. The Bertz CT molecular complexity index is 1200. The number of phenolic OH excluding ortho intramolecular Hbond substituents is 1. The van der Waals surface area contributed by atoms with Crippen LogP contribution in [0, 0.1) is 4.91 Å². The van der Waals surface area contributed by atoms with Crippen LogP contribution < -0.4 is 0 Å². The Morgan fingerprint density at radius 3 is 2.61 bits per heavy atom. The van der Waals surface area contributed by atoms with Crippen molar-refractivity contribution in [1.29, 1.82) is 0 Å². The molecule has 9 heteroatoms. The van der Waals surface area contributed by atoms with E-state index in [0.29, 0.717) is 27.7 Å². The number of nitroso groups, excluding NO2 is 1. The second-order valence-corrected chi connectivity index (χ2v) is 6.00. The van der Waals surface area contributed by atoms with Crippen LogP contribution in [0.3, 0.4) is 0 Å². The van der Waals surface area contributed by atoms with Gasteiger partial charge in [0, 0.05) is 34.5 Å². The molecular formula is C19H13N5O4. The maximum absolute atomic E-state index is 13.1. The van der Waals surface area contributed by atoms with Gasteiger partial charge in [-0.25, -0.2) is 0 Å². The quantitative estimate of drug-likeness (QED) is 0.359. The molecule has 3 N–H and O–H groups in total. The zero-order valence-corrected chi connectivity index (χ0v) is 14.3. The number of carbonyl (C=O) groups is 1. The van der Waals surface area contributed by atoms with Crippen LogP contribution in [0.15, 0.2) is 54.1 Å². The van der Waals surface area contributed by atoms with Gasteiger partial charge in [-0.3, -0.25) is 9.78 Å². The van der Waals surface area contributed by atoms with Crippen LogP contribution in [0.2, 0.25) is 0 Å². The third kappa shape index (κ3) is 2.84. The van der Waals surface area contributed by atoms with E-state index in [9.17, 15) is 19.9 Å². The summed E-state index contributed by atoms with van der Waals surface area (Å²) in [6.07, 6.45) is 4.23. The van der Waals surface area contributed by atoms with Crippen molar-refractivity contribution in [3.05, 3.63) is 70.7 Å². The number of H-pyrrole nitrogens is 1. The maximum atomic E-state index is 13.1. The van der Waals surface area contributed by atoms with Crippen LogP contribution in [-0.4, -0.2) is 36.2 Å². The molecule has 9 nitrogen and oxygen atoms in total. The molecule has 3 heterocycles. The summed E-state index contributed by atoms with van der Waals surface area (Å²) in [4.78, 5) is 30.7. The van der Waals surface area contributed by atoms with Crippen molar-refractivity contribution in [2.75, 3.05) is 0 Å². The van der Waals surface area contributed by atoms with Crippen molar-refractivity contribution in [1.82, 2.24) is 20.2 Å². The van der Waals surface area contributed by atoms with Gasteiger partial charge in [0.15, 0.2) is 11.4 Å². The fourth-order valence-corrected chi connectivity index (χ4v) is 3.06. The Morgan fingerprint density at radius 1 is 1.11 bits per heavy atom. The maximum Gasteiger partial charge on any atom is 0.195 e. The molecule has 0 radical (unpaired) electrons. The predicted molar refractivity (Wildman–Crippen MR) is 99.8 cm³/mol. The van der Waals surface area contributed by atoms with Crippen LogP contribution in [0.1, 0.15) is 21.6 Å². The number of fused-ring (bicyclic) bond motifs is 1. The highest BCUT2D eigenvalue weighted by Gasteiger charge is 2.23. The van der Waals surface area contributed by atoms with Gasteiger partial charge in [0.2, 0.25) is 0 Å². The third-order valence-electron chi connectivity index (χ3n) is 4.33. The lowest BCUT2D eigenvalue weighted by atomic mass is 9.95. The largest absolute Gasteiger partial charge is 0.508 e. The first-order chi connectivity index (χ1) is 13.6. The minimum absolute atomic E-state index is 0.0445. The number of aromatic hydroxyl groups is 2. The van der Waals surface area contributed by atoms with E-state index in [0.717, 1.165) is 0 Å². The average Bonchev–Trinajstić information content (AvgIpc) is 3.13. The smallest absolute Gasteiger partial charge is 0.195 e. The summed E-state index contributed by atoms with van der Waals surface area (Å²) >= 11 is 0. The van der Waals surface area contributed by atoms with E-state index in [4.69, 9.17) is 0 Å². The molecule has 138 valence electrons. The monoisotopic (exact) mass is 375 g/mol. The number of rotatable bonds is 5. The van der Waals surface area contributed by atoms with Crippen LogP contribution in [0.5, 0.6) is 11.5 Å². The molecule has 0 saturated heterocycles. The minimum Gasteiger partial charge on any atom is -0.508 e.